The first-order chi connectivity index (χ1) is 12.0. The van der Waals surface area contributed by atoms with Crippen LogP contribution in [0, 0.1) is 12.7 Å². The van der Waals surface area contributed by atoms with E-state index in [-0.39, 0.29) is 24.8 Å². The van der Waals surface area contributed by atoms with Crippen molar-refractivity contribution in [2.24, 2.45) is 0 Å². The summed E-state index contributed by atoms with van der Waals surface area (Å²) >= 11 is 5.99. The average molecular weight is 363 g/mol. The number of rotatable bonds is 6. The van der Waals surface area contributed by atoms with E-state index in [9.17, 15) is 9.18 Å². The molecule has 0 unspecified atom stereocenters. The van der Waals surface area contributed by atoms with Crippen molar-refractivity contribution >= 4 is 23.5 Å². The van der Waals surface area contributed by atoms with E-state index in [1.807, 2.05) is 19.2 Å². The molecule has 0 spiro atoms. The Hall–Kier alpha value is -2.74. The number of hydrogen-bond acceptors (Lipinski definition) is 4. The fourth-order valence-corrected chi connectivity index (χ4v) is 2.49. The van der Waals surface area contributed by atoms with Crippen molar-refractivity contribution in [1.82, 2.24) is 24.5 Å². The van der Waals surface area contributed by atoms with Gasteiger partial charge in [-0.15, -0.1) is 5.10 Å². The first kappa shape index (κ1) is 17.1. The quantitative estimate of drug-likeness (QED) is 0.731. The number of aryl methyl sites for hydroxylation is 2. The average Bonchev–Trinajstić information content (AvgIpc) is 3.18. The first-order valence-electron chi connectivity index (χ1n) is 7.63. The summed E-state index contributed by atoms with van der Waals surface area (Å²) in [5.74, 6) is -0.480. The van der Waals surface area contributed by atoms with Gasteiger partial charge in [0.05, 0.1) is 12.2 Å². The predicted molar refractivity (Wildman–Crippen MR) is 90.7 cm³/mol. The lowest BCUT2D eigenvalue weighted by atomic mass is 10.2. The van der Waals surface area contributed by atoms with Crippen molar-refractivity contribution in [3.63, 3.8) is 0 Å². The molecule has 0 saturated carbocycles. The lowest BCUT2D eigenvalue weighted by Crippen LogP contribution is -2.16. The number of anilines is 1. The van der Waals surface area contributed by atoms with Gasteiger partial charge in [0, 0.05) is 29.7 Å². The first-order valence-corrected chi connectivity index (χ1v) is 8.01. The second kappa shape index (κ2) is 7.43. The molecule has 130 valence electrons. The Morgan fingerprint density at radius 3 is 2.84 bits per heavy atom. The Morgan fingerprint density at radius 2 is 2.12 bits per heavy atom. The highest BCUT2D eigenvalue weighted by molar-refractivity contribution is 6.31. The van der Waals surface area contributed by atoms with Crippen molar-refractivity contribution < 1.29 is 9.18 Å². The molecular weight excluding hydrogens is 347 g/mol. The Kier molecular flexibility index (Phi) is 5.08. The van der Waals surface area contributed by atoms with E-state index in [1.165, 1.54) is 23.1 Å². The smallest absolute Gasteiger partial charge is 0.248 e. The minimum absolute atomic E-state index is 0.126. The van der Waals surface area contributed by atoms with Gasteiger partial charge in [0.2, 0.25) is 11.9 Å². The van der Waals surface area contributed by atoms with Crippen LogP contribution < -0.4 is 5.32 Å². The molecule has 0 atom stereocenters. The number of nitrogens with one attached hydrogen (secondary N) is 1. The van der Waals surface area contributed by atoms with E-state index in [2.05, 4.69) is 20.5 Å². The summed E-state index contributed by atoms with van der Waals surface area (Å²) in [5.41, 5.74) is 1.22. The molecule has 0 aliphatic rings. The number of nitrogens with zero attached hydrogens (tertiary/aromatic N) is 5. The third-order valence-electron chi connectivity index (χ3n) is 3.51. The zero-order chi connectivity index (χ0) is 17.8. The van der Waals surface area contributed by atoms with Crippen LogP contribution >= 0.6 is 11.6 Å². The second-order valence-corrected chi connectivity index (χ2v) is 5.89. The summed E-state index contributed by atoms with van der Waals surface area (Å²) in [4.78, 5) is 15.9. The number of benzene rings is 1. The molecule has 25 heavy (non-hydrogen) atoms. The standard InChI is InChI=1S/C16H16ClFN6O/c1-11-5-7-23(21-11)8-6-15(25)20-16-19-10-24(22-16)9-12-13(17)3-2-4-14(12)18/h2-5,7,10H,6,8-9H2,1H3,(H,20,22,25). The van der Waals surface area contributed by atoms with Gasteiger partial charge < -0.3 is 0 Å². The summed E-state index contributed by atoms with van der Waals surface area (Å²) in [7, 11) is 0. The molecule has 2 heterocycles. The minimum Gasteiger partial charge on any atom is -0.293 e. The fraction of sp³-hybridized carbons (Fsp3) is 0.250. The van der Waals surface area contributed by atoms with Crippen molar-refractivity contribution in [2.75, 3.05) is 5.32 Å². The molecule has 0 radical (unpaired) electrons. The summed E-state index contributed by atoms with van der Waals surface area (Å²) in [6, 6.07) is 6.35. The van der Waals surface area contributed by atoms with Crippen molar-refractivity contribution in [1.29, 1.82) is 0 Å². The van der Waals surface area contributed by atoms with Gasteiger partial charge in [-0.05, 0) is 25.1 Å². The lowest BCUT2D eigenvalue weighted by Gasteiger charge is -2.05. The molecule has 1 aromatic carbocycles. The highest BCUT2D eigenvalue weighted by Gasteiger charge is 2.11. The van der Waals surface area contributed by atoms with E-state index in [1.54, 1.807) is 10.7 Å². The van der Waals surface area contributed by atoms with Crippen LogP contribution in [-0.4, -0.2) is 30.5 Å². The maximum atomic E-state index is 13.8. The highest BCUT2D eigenvalue weighted by atomic mass is 35.5. The second-order valence-electron chi connectivity index (χ2n) is 5.48. The Balaban J connectivity index is 1.57. The van der Waals surface area contributed by atoms with E-state index in [0.717, 1.165) is 5.69 Å². The van der Waals surface area contributed by atoms with E-state index < -0.39 is 5.82 Å². The zero-order valence-corrected chi connectivity index (χ0v) is 14.2. The number of hydrogen-bond donors (Lipinski definition) is 1. The van der Waals surface area contributed by atoms with Crippen molar-refractivity contribution in [3.8, 4) is 0 Å². The summed E-state index contributed by atoms with van der Waals surface area (Å²) in [6.45, 7) is 2.47. The number of carbonyl (C=O) groups is 1. The molecular formula is C16H16ClFN6O. The zero-order valence-electron chi connectivity index (χ0n) is 13.5. The van der Waals surface area contributed by atoms with Gasteiger partial charge in [-0.25, -0.2) is 14.1 Å². The maximum absolute atomic E-state index is 13.8. The highest BCUT2D eigenvalue weighted by Crippen LogP contribution is 2.19. The van der Waals surface area contributed by atoms with Gasteiger partial charge in [-0.3, -0.25) is 14.8 Å². The van der Waals surface area contributed by atoms with Crippen LogP contribution in [-0.2, 0) is 17.9 Å². The number of halogens is 2. The topological polar surface area (TPSA) is 77.6 Å². The lowest BCUT2D eigenvalue weighted by molar-refractivity contribution is -0.116. The van der Waals surface area contributed by atoms with Crippen LogP contribution in [0.2, 0.25) is 5.02 Å². The Bertz CT molecular complexity index is 870. The SMILES string of the molecule is Cc1ccn(CCC(=O)Nc2ncn(Cc3c(F)cccc3Cl)n2)n1. The predicted octanol–water partition coefficient (Wildman–Crippen LogP) is 2.65. The molecule has 1 amide bonds. The van der Waals surface area contributed by atoms with E-state index in [4.69, 9.17) is 11.6 Å². The van der Waals surface area contributed by atoms with Crippen LogP contribution in [0.15, 0.2) is 36.8 Å². The van der Waals surface area contributed by atoms with E-state index in [0.29, 0.717) is 17.1 Å². The van der Waals surface area contributed by atoms with Crippen LogP contribution in [0.25, 0.3) is 0 Å². The van der Waals surface area contributed by atoms with Crippen LogP contribution in [0.3, 0.4) is 0 Å². The Labute approximate surface area is 148 Å². The van der Waals surface area contributed by atoms with Gasteiger partial charge in [-0.1, -0.05) is 17.7 Å². The number of carbonyl (C=O) groups excluding carboxylic acids is 1. The summed E-state index contributed by atoms with van der Waals surface area (Å²) in [6.07, 6.45) is 3.47. The summed E-state index contributed by atoms with van der Waals surface area (Å²) in [5, 5.41) is 11.2. The van der Waals surface area contributed by atoms with Crippen LogP contribution in [0.1, 0.15) is 17.7 Å². The van der Waals surface area contributed by atoms with E-state index >= 15 is 0 Å². The van der Waals surface area contributed by atoms with Crippen molar-refractivity contribution in [2.45, 2.75) is 26.4 Å². The Morgan fingerprint density at radius 1 is 1.28 bits per heavy atom. The molecule has 0 aliphatic heterocycles. The third kappa shape index (κ3) is 4.42. The molecule has 0 fully saturated rings. The monoisotopic (exact) mass is 362 g/mol. The van der Waals surface area contributed by atoms with Gasteiger partial charge in [0.25, 0.3) is 0 Å². The molecule has 9 heteroatoms. The van der Waals surface area contributed by atoms with Gasteiger partial charge in [-0.2, -0.15) is 5.10 Å². The fourth-order valence-electron chi connectivity index (χ4n) is 2.26. The largest absolute Gasteiger partial charge is 0.293 e. The number of amides is 1. The van der Waals surface area contributed by atoms with Gasteiger partial charge in [0.15, 0.2) is 0 Å². The summed E-state index contributed by atoms with van der Waals surface area (Å²) < 4.78 is 16.9. The third-order valence-corrected chi connectivity index (χ3v) is 3.87. The normalized spacial score (nSPS) is 10.8. The maximum Gasteiger partial charge on any atom is 0.248 e. The van der Waals surface area contributed by atoms with Crippen molar-refractivity contribution in [3.05, 3.63) is 58.9 Å². The number of aromatic nitrogens is 5. The molecule has 2 aromatic heterocycles. The van der Waals surface area contributed by atoms with Crippen LogP contribution in [0.4, 0.5) is 10.3 Å². The van der Waals surface area contributed by atoms with Gasteiger partial charge >= 0.3 is 0 Å². The molecule has 0 saturated heterocycles. The molecule has 0 bridgehead atoms. The molecule has 7 nitrogen and oxygen atoms in total. The minimum atomic E-state index is -0.414. The molecule has 1 N–H and O–H groups in total. The van der Waals surface area contributed by atoms with Gasteiger partial charge in [0.1, 0.15) is 12.1 Å². The molecule has 3 aromatic rings. The van der Waals surface area contributed by atoms with Crippen LogP contribution in [0.5, 0.6) is 0 Å². The molecule has 0 aliphatic carbocycles. The molecule has 3 rings (SSSR count).